The molecular weight excluding hydrogens is 178 g/mol. The van der Waals surface area contributed by atoms with Crippen LogP contribution in [0.15, 0.2) is 0 Å². The molecule has 0 unspecified atom stereocenters. The quantitative estimate of drug-likeness (QED) is 0.650. The van der Waals surface area contributed by atoms with Gasteiger partial charge in [-0.05, 0) is 38.8 Å². The summed E-state index contributed by atoms with van der Waals surface area (Å²) in [7, 11) is 0. The van der Waals surface area contributed by atoms with Gasteiger partial charge in [-0.25, -0.2) is 0 Å². The van der Waals surface area contributed by atoms with Crippen molar-refractivity contribution in [3.05, 3.63) is 0 Å². The fraction of sp³-hybridized carbons (Fsp3) is 0.900. The van der Waals surface area contributed by atoms with Gasteiger partial charge in [0.25, 0.3) is 0 Å². The highest BCUT2D eigenvalue weighted by Crippen LogP contribution is 2.31. The van der Waals surface area contributed by atoms with Crippen molar-refractivity contribution in [2.24, 2.45) is 5.73 Å². The van der Waals surface area contributed by atoms with Crippen LogP contribution in [0, 0.1) is 0 Å². The summed E-state index contributed by atoms with van der Waals surface area (Å²) in [4.78, 5) is 13.8. The van der Waals surface area contributed by atoms with E-state index in [0.29, 0.717) is 0 Å². The number of amides is 1. The minimum absolute atomic E-state index is 0.0386. The number of rotatable bonds is 4. The van der Waals surface area contributed by atoms with Gasteiger partial charge in [0.05, 0.1) is 5.54 Å². The van der Waals surface area contributed by atoms with Gasteiger partial charge in [-0.15, -0.1) is 0 Å². The molecule has 1 saturated carbocycles. The zero-order valence-electron chi connectivity index (χ0n) is 8.59. The number of carbonyl (C=O) groups excluding carboxylic acids is 1. The Morgan fingerprint density at radius 2 is 2.00 bits per heavy atom. The second-order valence-corrected chi connectivity index (χ2v) is 4.46. The number of hydrogen-bond donors (Lipinski definition) is 2. The molecule has 4 nitrogen and oxygen atoms in total. The van der Waals surface area contributed by atoms with E-state index in [4.69, 9.17) is 5.73 Å². The molecule has 0 aromatic rings. The van der Waals surface area contributed by atoms with E-state index in [0.717, 1.165) is 25.9 Å². The van der Waals surface area contributed by atoms with Gasteiger partial charge in [0.15, 0.2) is 0 Å². The molecule has 0 radical (unpaired) electrons. The van der Waals surface area contributed by atoms with Gasteiger partial charge < -0.3 is 16.0 Å². The van der Waals surface area contributed by atoms with Crippen LogP contribution in [-0.2, 0) is 4.79 Å². The Labute approximate surface area is 84.8 Å². The summed E-state index contributed by atoms with van der Waals surface area (Å²) in [5, 5.41) is 2.91. The summed E-state index contributed by atoms with van der Waals surface area (Å²) in [6, 6.07) is 0. The first-order valence-corrected chi connectivity index (χ1v) is 5.50. The Balaban J connectivity index is 1.60. The smallest absolute Gasteiger partial charge is 0.240 e. The zero-order chi connectivity index (χ0) is 10.0. The molecule has 80 valence electrons. The predicted molar refractivity (Wildman–Crippen MR) is 54.8 cm³/mol. The van der Waals surface area contributed by atoms with E-state index in [1.807, 2.05) is 0 Å². The first-order valence-electron chi connectivity index (χ1n) is 5.50. The normalized spacial score (nSPS) is 24.9. The first kappa shape index (κ1) is 9.93. The van der Waals surface area contributed by atoms with Crippen molar-refractivity contribution in [1.29, 1.82) is 0 Å². The minimum atomic E-state index is -0.509. The number of hydrogen-bond acceptors (Lipinski definition) is 3. The molecular formula is C10H19N3O. The van der Waals surface area contributed by atoms with Crippen LogP contribution in [0.5, 0.6) is 0 Å². The molecule has 14 heavy (non-hydrogen) atoms. The van der Waals surface area contributed by atoms with Crippen LogP contribution in [0.4, 0.5) is 0 Å². The lowest BCUT2D eigenvalue weighted by atomic mass is 10.3. The van der Waals surface area contributed by atoms with E-state index in [-0.39, 0.29) is 5.91 Å². The molecule has 0 bridgehead atoms. The highest BCUT2D eigenvalue weighted by molar-refractivity contribution is 5.88. The average Bonchev–Trinajstić information content (AvgIpc) is 2.73. The van der Waals surface area contributed by atoms with Gasteiger partial charge in [0, 0.05) is 13.1 Å². The van der Waals surface area contributed by atoms with Crippen molar-refractivity contribution < 1.29 is 4.79 Å². The molecule has 2 rings (SSSR count). The largest absolute Gasteiger partial charge is 0.353 e. The molecule has 1 aliphatic heterocycles. The van der Waals surface area contributed by atoms with Gasteiger partial charge in [0.1, 0.15) is 0 Å². The Morgan fingerprint density at radius 1 is 1.36 bits per heavy atom. The first-order chi connectivity index (χ1) is 6.71. The molecule has 4 heteroatoms. The molecule has 1 aliphatic carbocycles. The molecule has 0 atom stereocenters. The summed E-state index contributed by atoms with van der Waals surface area (Å²) in [5.41, 5.74) is 5.25. The lowest BCUT2D eigenvalue weighted by Gasteiger charge is -2.16. The van der Waals surface area contributed by atoms with E-state index in [2.05, 4.69) is 10.2 Å². The van der Waals surface area contributed by atoms with E-state index >= 15 is 0 Å². The number of carbonyl (C=O) groups is 1. The molecule has 0 aromatic carbocycles. The molecule has 1 saturated heterocycles. The SMILES string of the molecule is NC1(C(=O)NCCN2CCCC2)CC1. The van der Waals surface area contributed by atoms with E-state index in [1.165, 1.54) is 25.9 Å². The van der Waals surface area contributed by atoms with Crippen LogP contribution in [0.2, 0.25) is 0 Å². The summed E-state index contributed by atoms with van der Waals surface area (Å²) in [6.07, 6.45) is 4.30. The molecule has 1 heterocycles. The Kier molecular flexibility index (Phi) is 2.74. The van der Waals surface area contributed by atoms with E-state index in [1.54, 1.807) is 0 Å². The van der Waals surface area contributed by atoms with Crippen LogP contribution in [0.25, 0.3) is 0 Å². The second kappa shape index (κ2) is 3.87. The van der Waals surface area contributed by atoms with Crippen LogP contribution in [0.1, 0.15) is 25.7 Å². The van der Waals surface area contributed by atoms with Crippen molar-refractivity contribution in [2.45, 2.75) is 31.2 Å². The van der Waals surface area contributed by atoms with Crippen LogP contribution in [-0.4, -0.2) is 42.5 Å². The zero-order valence-corrected chi connectivity index (χ0v) is 8.59. The summed E-state index contributed by atoms with van der Waals surface area (Å²) >= 11 is 0. The van der Waals surface area contributed by atoms with Crippen molar-refractivity contribution in [2.75, 3.05) is 26.2 Å². The molecule has 1 amide bonds. The maximum absolute atomic E-state index is 11.4. The van der Waals surface area contributed by atoms with E-state index in [9.17, 15) is 4.79 Å². The van der Waals surface area contributed by atoms with Gasteiger partial charge in [-0.1, -0.05) is 0 Å². The molecule has 2 aliphatic rings. The van der Waals surface area contributed by atoms with Crippen LogP contribution >= 0.6 is 0 Å². The standard InChI is InChI=1S/C10H19N3O/c11-10(3-4-10)9(14)12-5-8-13-6-1-2-7-13/h1-8,11H2,(H,12,14). The van der Waals surface area contributed by atoms with Crippen LogP contribution in [0.3, 0.4) is 0 Å². The lowest BCUT2D eigenvalue weighted by molar-refractivity contribution is -0.123. The number of nitrogens with one attached hydrogen (secondary N) is 1. The Hall–Kier alpha value is -0.610. The maximum Gasteiger partial charge on any atom is 0.240 e. The van der Waals surface area contributed by atoms with Gasteiger partial charge in [-0.2, -0.15) is 0 Å². The number of nitrogens with two attached hydrogens (primary N) is 1. The fourth-order valence-corrected chi connectivity index (χ4v) is 1.87. The lowest BCUT2D eigenvalue weighted by Crippen LogP contribution is -2.45. The van der Waals surface area contributed by atoms with Crippen molar-refractivity contribution >= 4 is 5.91 Å². The summed E-state index contributed by atoms with van der Waals surface area (Å²) in [5.74, 6) is 0.0386. The highest BCUT2D eigenvalue weighted by Gasteiger charge is 2.45. The maximum atomic E-state index is 11.4. The average molecular weight is 197 g/mol. The van der Waals surface area contributed by atoms with Gasteiger partial charge in [0.2, 0.25) is 5.91 Å². The molecule has 0 spiro atoms. The highest BCUT2D eigenvalue weighted by atomic mass is 16.2. The van der Waals surface area contributed by atoms with Crippen molar-refractivity contribution in [3.8, 4) is 0 Å². The third-order valence-corrected chi connectivity index (χ3v) is 3.15. The van der Waals surface area contributed by atoms with Crippen molar-refractivity contribution in [1.82, 2.24) is 10.2 Å². The van der Waals surface area contributed by atoms with E-state index < -0.39 is 5.54 Å². The Bertz CT molecular complexity index is 219. The second-order valence-electron chi connectivity index (χ2n) is 4.46. The Morgan fingerprint density at radius 3 is 2.57 bits per heavy atom. The number of likely N-dealkylation sites (tertiary alicyclic amines) is 1. The monoisotopic (exact) mass is 197 g/mol. The van der Waals surface area contributed by atoms with Gasteiger partial charge in [-0.3, -0.25) is 4.79 Å². The summed E-state index contributed by atoms with van der Waals surface area (Å²) < 4.78 is 0. The molecule has 0 aromatic heterocycles. The summed E-state index contributed by atoms with van der Waals surface area (Å²) in [6.45, 7) is 4.09. The molecule has 3 N–H and O–H groups in total. The number of nitrogens with zero attached hydrogens (tertiary/aromatic N) is 1. The minimum Gasteiger partial charge on any atom is -0.353 e. The third-order valence-electron chi connectivity index (χ3n) is 3.15. The van der Waals surface area contributed by atoms with Crippen molar-refractivity contribution in [3.63, 3.8) is 0 Å². The fourth-order valence-electron chi connectivity index (χ4n) is 1.87. The van der Waals surface area contributed by atoms with Crippen LogP contribution < -0.4 is 11.1 Å². The van der Waals surface area contributed by atoms with Gasteiger partial charge >= 0.3 is 0 Å². The predicted octanol–water partition coefficient (Wildman–Crippen LogP) is -0.310. The topological polar surface area (TPSA) is 58.4 Å². The molecule has 2 fully saturated rings. The third kappa shape index (κ3) is 2.25.